The minimum absolute atomic E-state index is 0.200. The highest BCUT2D eigenvalue weighted by atomic mass is 32.1. The van der Waals surface area contributed by atoms with Gasteiger partial charge in [0.05, 0.1) is 28.1 Å². The average Bonchev–Trinajstić information content (AvgIpc) is 3.73. The molecule has 2 aliphatic rings. The van der Waals surface area contributed by atoms with Gasteiger partial charge in [0.25, 0.3) is 5.91 Å². The Morgan fingerprint density at radius 1 is 1.19 bits per heavy atom. The van der Waals surface area contributed by atoms with E-state index in [1.54, 1.807) is 13.2 Å². The van der Waals surface area contributed by atoms with Gasteiger partial charge in [0.2, 0.25) is 0 Å². The number of halogens is 2. The average molecular weight is 598 g/mol. The number of hydrogen-bond donors (Lipinski definition) is 2. The lowest BCUT2D eigenvalue weighted by Crippen LogP contribution is -2.36. The number of nitrogens with zero attached hydrogens (tertiary/aromatic N) is 3. The van der Waals surface area contributed by atoms with Crippen molar-refractivity contribution in [2.45, 2.75) is 44.3 Å². The summed E-state index contributed by atoms with van der Waals surface area (Å²) in [6.45, 7) is 4.51. The van der Waals surface area contributed by atoms with Crippen LogP contribution in [0.5, 0.6) is 5.75 Å². The van der Waals surface area contributed by atoms with Crippen molar-refractivity contribution >= 4 is 32.4 Å². The lowest BCUT2D eigenvalue weighted by atomic mass is 10.0. The normalized spacial score (nSPS) is 18.3. The van der Waals surface area contributed by atoms with E-state index in [1.807, 2.05) is 34.9 Å². The monoisotopic (exact) mass is 597 g/mol. The summed E-state index contributed by atoms with van der Waals surface area (Å²) in [7, 11) is 1.60. The number of hydrogen-bond acceptors (Lipinski definition) is 7. The number of amides is 1. The van der Waals surface area contributed by atoms with E-state index >= 15 is 4.39 Å². The van der Waals surface area contributed by atoms with Crippen LogP contribution in [0.25, 0.3) is 26.4 Å². The summed E-state index contributed by atoms with van der Waals surface area (Å²) in [5.74, 6) is -0.0419. The van der Waals surface area contributed by atoms with Crippen LogP contribution in [0.4, 0.5) is 8.78 Å². The number of fused-ring (bicyclic) bond motifs is 3. The summed E-state index contributed by atoms with van der Waals surface area (Å²) in [4.78, 5) is 20.9. The lowest BCUT2D eigenvalue weighted by Gasteiger charge is -2.28. The first kappa shape index (κ1) is 29.0. The Balaban J connectivity index is 1.21. The predicted molar refractivity (Wildman–Crippen MR) is 161 cm³/mol. The summed E-state index contributed by atoms with van der Waals surface area (Å²) in [6, 6.07) is 9.28. The molecule has 2 N–H and O–H groups in total. The fourth-order valence-corrected chi connectivity index (χ4v) is 6.87. The number of alkyl halides is 1. The number of imidazole rings is 1. The Hall–Kier alpha value is -3.12. The third kappa shape index (κ3) is 6.29. The fraction of sp³-hybridized carbons (Fsp3) is 0.484. The Labute approximate surface area is 248 Å². The SMILES string of the molecule is COCCOc1cc2c(cc1C(=O)NCCCN1CCC(F)CC1)sc1nc(-c3ccc(C4CCCN4)cc3F)cn12. The standard InChI is InChI=1S/C31H37F2N5O3S/c1-40-14-15-41-28-18-27-29(17-23(28)30(39)35-10-3-11-37-12-7-21(32)8-13-37)42-31-36-26(19-38(27)31)22-6-5-20(16-24(22)33)25-4-2-9-34-25/h5-6,16-19,21,25,34H,2-4,7-15H2,1H3,(H,35,39). The van der Waals surface area contributed by atoms with Gasteiger partial charge in [-0.25, -0.2) is 13.8 Å². The van der Waals surface area contributed by atoms with Crippen LogP contribution in [-0.4, -0.2) is 79.4 Å². The Bertz CT molecular complexity index is 1540. The van der Waals surface area contributed by atoms with E-state index in [4.69, 9.17) is 14.5 Å². The van der Waals surface area contributed by atoms with Gasteiger partial charge in [-0.05, 0) is 69.0 Å². The number of nitrogens with one attached hydrogen (secondary N) is 2. The molecule has 0 spiro atoms. The van der Waals surface area contributed by atoms with E-state index in [1.165, 1.54) is 11.3 Å². The first-order valence-electron chi connectivity index (χ1n) is 14.8. The minimum atomic E-state index is -0.689. The van der Waals surface area contributed by atoms with Gasteiger partial charge in [0, 0.05) is 50.6 Å². The number of methoxy groups -OCH3 is 1. The molecule has 0 saturated carbocycles. The smallest absolute Gasteiger partial charge is 0.255 e. The quantitative estimate of drug-likeness (QED) is 0.227. The molecule has 0 aliphatic carbocycles. The van der Waals surface area contributed by atoms with Crippen molar-refractivity contribution in [3.05, 3.63) is 53.5 Å². The van der Waals surface area contributed by atoms with Gasteiger partial charge >= 0.3 is 0 Å². The second-order valence-electron chi connectivity index (χ2n) is 11.1. The number of carbonyl (C=O) groups is 1. The molecule has 1 amide bonds. The van der Waals surface area contributed by atoms with Crippen molar-refractivity contribution in [1.29, 1.82) is 0 Å². The van der Waals surface area contributed by atoms with Crippen molar-refractivity contribution in [2.75, 3.05) is 53.0 Å². The summed E-state index contributed by atoms with van der Waals surface area (Å²) in [5.41, 5.74) is 3.27. The van der Waals surface area contributed by atoms with Gasteiger partial charge in [0.1, 0.15) is 24.3 Å². The van der Waals surface area contributed by atoms with Gasteiger partial charge in [-0.2, -0.15) is 0 Å². The number of ether oxygens (including phenoxy) is 2. The minimum Gasteiger partial charge on any atom is -0.490 e. The van der Waals surface area contributed by atoms with E-state index in [9.17, 15) is 9.18 Å². The van der Waals surface area contributed by atoms with Crippen LogP contribution in [0.2, 0.25) is 0 Å². The van der Waals surface area contributed by atoms with Crippen molar-refractivity contribution in [3.63, 3.8) is 0 Å². The van der Waals surface area contributed by atoms with Gasteiger partial charge in [0.15, 0.2) is 4.96 Å². The fourth-order valence-electron chi connectivity index (χ4n) is 5.84. The summed E-state index contributed by atoms with van der Waals surface area (Å²) in [6.07, 6.45) is 5.21. The molecule has 2 fully saturated rings. The number of likely N-dealkylation sites (tertiary alicyclic amines) is 1. The van der Waals surface area contributed by atoms with E-state index in [2.05, 4.69) is 15.5 Å². The molecule has 4 aromatic rings. The molecule has 2 aromatic heterocycles. The highest BCUT2D eigenvalue weighted by Crippen LogP contribution is 2.35. The van der Waals surface area contributed by atoms with Gasteiger partial charge in [-0.3, -0.25) is 9.20 Å². The largest absolute Gasteiger partial charge is 0.490 e. The Morgan fingerprint density at radius 3 is 2.81 bits per heavy atom. The van der Waals surface area contributed by atoms with Crippen LogP contribution in [0.15, 0.2) is 36.5 Å². The molecular formula is C31H37F2N5O3S. The van der Waals surface area contributed by atoms with Crippen LogP contribution in [0.1, 0.15) is 54.1 Å². The Kier molecular flexibility index (Phi) is 8.99. The molecule has 1 atom stereocenters. The van der Waals surface area contributed by atoms with Crippen LogP contribution >= 0.6 is 11.3 Å². The van der Waals surface area contributed by atoms with Gasteiger partial charge in [-0.15, -0.1) is 0 Å². The molecule has 224 valence electrons. The second-order valence-corrected chi connectivity index (χ2v) is 12.1. The molecule has 6 rings (SSSR count). The summed E-state index contributed by atoms with van der Waals surface area (Å²) >= 11 is 1.44. The maximum Gasteiger partial charge on any atom is 0.255 e. The topological polar surface area (TPSA) is 80.1 Å². The van der Waals surface area contributed by atoms with Crippen LogP contribution < -0.4 is 15.4 Å². The molecule has 2 saturated heterocycles. The third-order valence-electron chi connectivity index (χ3n) is 8.17. The maximum absolute atomic E-state index is 15.2. The molecule has 0 radical (unpaired) electrons. The molecule has 0 bridgehead atoms. The van der Waals surface area contributed by atoms with E-state index in [0.717, 1.165) is 61.2 Å². The molecule has 2 aromatic carbocycles. The highest BCUT2D eigenvalue weighted by Gasteiger charge is 2.22. The predicted octanol–water partition coefficient (Wildman–Crippen LogP) is 5.36. The van der Waals surface area contributed by atoms with Crippen LogP contribution in [0.3, 0.4) is 0 Å². The van der Waals surface area contributed by atoms with Crippen molar-refractivity contribution in [3.8, 4) is 17.0 Å². The van der Waals surface area contributed by atoms with Gasteiger partial charge in [-0.1, -0.05) is 17.4 Å². The molecular weight excluding hydrogens is 560 g/mol. The number of piperidine rings is 1. The number of carbonyl (C=O) groups excluding carboxylic acids is 1. The van der Waals surface area contributed by atoms with Crippen LogP contribution in [0, 0.1) is 5.82 Å². The maximum atomic E-state index is 15.2. The van der Waals surface area contributed by atoms with Crippen LogP contribution in [-0.2, 0) is 4.74 Å². The van der Waals surface area contributed by atoms with E-state index in [0.29, 0.717) is 60.1 Å². The van der Waals surface area contributed by atoms with Crippen molar-refractivity contribution < 1.29 is 23.0 Å². The lowest BCUT2D eigenvalue weighted by molar-refractivity contribution is 0.0942. The molecule has 1 unspecified atom stereocenters. The molecule has 11 heteroatoms. The second kappa shape index (κ2) is 13.0. The van der Waals surface area contributed by atoms with Crippen molar-refractivity contribution in [1.82, 2.24) is 24.9 Å². The zero-order chi connectivity index (χ0) is 29.1. The van der Waals surface area contributed by atoms with Crippen molar-refractivity contribution in [2.24, 2.45) is 0 Å². The summed E-state index contributed by atoms with van der Waals surface area (Å²) < 4.78 is 42.5. The first-order chi connectivity index (χ1) is 20.5. The molecule has 42 heavy (non-hydrogen) atoms. The summed E-state index contributed by atoms with van der Waals surface area (Å²) in [5, 5.41) is 6.43. The highest BCUT2D eigenvalue weighted by molar-refractivity contribution is 7.23. The number of thiazole rings is 1. The number of benzene rings is 2. The van der Waals surface area contributed by atoms with Gasteiger partial charge < -0.3 is 25.0 Å². The third-order valence-corrected chi connectivity index (χ3v) is 9.19. The zero-order valence-corrected chi connectivity index (χ0v) is 24.7. The molecule has 8 nitrogen and oxygen atoms in total. The molecule has 4 heterocycles. The number of rotatable bonds is 11. The first-order valence-corrected chi connectivity index (χ1v) is 15.6. The van der Waals surface area contributed by atoms with E-state index in [-0.39, 0.29) is 17.8 Å². The number of aromatic nitrogens is 2. The zero-order valence-electron chi connectivity index (χ0n) is 23.8. The van der Waals surface area contributed by atoms with E-state index < -0.39 is 6.17 Å². The Morgan fingerprint density at radius 2 is 2.05 bits per heavy atom. The molecule has 2 aliphatic heterocycles.